The Morgan fingerprint density at radius 2 is 1.90 bits per heavy atom. The zero-order valence-corrected chi connectivity index (χ0v) is 12.8. The van der Waals surface area contributed by atoms with E-state index in [9.17, 15) is 5.11 Å². The topological polar surface area (TPSA) is 23.5 Å². The predicted molar refractivity (Wildman–Crippen MR) is 88.4 cm³/mol. The van der Waals surface area contributed by atoms with Gasteiger partial charge in [-0.2, -0.15) is 0 Å². The van der Waals surface area contributed by atoms with E-state index >= 15 is 0 Å². The monoisotopic (exact) mass is 283 g/mol. The average molecular weight is 283 g/mol. The van der Waals surface area contributed by atoms with Gasteiger partial charge in [-0.3, -0.25) is 4.90 Å². The van der Waals surface area contributed by atoms with Crippen LogP contribution in [0, 0.1) is 0 Å². The van der Waals surface area contributed by atoms with Gasteiger partial charge in [-0.05, 0) is 48.7 Å². The van der Waals surface area contributed by atoms with Gasteiger partial charge in [0.2, 0.25) is 0 Å². The Morgan fingerprint density at radius 3 is 2.76 bits per heavy atom. The van der Waals surface area contributed by atoms with Crippen LogP contribution in [0.25, 0.3) is 10.8 Å². The minimum absolute atomic E-state index is 0.393. The highest BCUT2D eigenvalue weighted by Gasteiger charge is 2.20. The number of aliphatic hydroxyl groups is 1. The van der Waals surface area contributed by atoms with E-state index in [0.717, 1.165) is 18.7 Å². The second kappa shape index (κ2) is 6.59. The van der Waals surface area contributed by atoms with Crippen LogP contribution >= 0.6 is 0 Å². The van der Waals surface area contributed by atoms with E-state index in [1.165, 1.54) is 36.5 Å². The first-order valence-electron chi connectivity index (χ1n) is 8.15. The van der Waals surface area contributed by atoms with E-state index in [1.807, 2.05) is 0 Å². The summed E-state index contributed by atoms with van der Waals surface area (Å²) in [5.74, 6) is 0. The Balaban J connectivity index is 1.75. The molecule has 2 nitrogen and oxygen atoms in total. The minimum Gasteiger partial charge on any atom is -0.387 e. The summed E-state index contributed by atoms with van der Waals surface area (Å²) in [6.45, 7) is 4.16. The van der Waals surface area contributed by atoms with Gasteiger partial charge in [-0.1, -0.05) is 49.2 Å². The lowest BCUT2D eigenvalue weighted by Gasteiger charge is -2.29. The third kappa shape index (κ3) is 3.45. The first-order valence-corrected chi connectivity index (χ1v) is 8.15. The van der Waals surface area contributed by atoms with Crippen molar-refractivity contribution in [2.45, 2.75) is 44.8 Å². The summed E-state index contributed by atoms with van der Waals surface area (Å²) in [6, 6.07) is 15.2. The molecule has 0 radical (unpaired) electrons. The van der Waals surface area contributed by atoms with E-state index in [2.05, 4.69) is 54.3 Å². The van der Waals surface area contributed by atoms with Crippen LogP contribution in [-0.4, -0.2) is 29.1 Å². The zero-order valence-electron chi connectivity index (χ0n) is 12.8. The molecule has 0 bridgehead atoms. The molecule has 0 aromatic heterocycles. The van der Waals surface area contributed by atoms with E-state index in [4.69, 9.17) is 0 Å². The number of benzene rings is 2. The van der Waals surface area contributed by atoms with Crippen molar-refractivity contribution in [1.82, 2.24) is 4.90 Å². The standard InChI is InChI=1S/C19H25NO/c1-15-7-3-2-6-12-20(15)14-19(21)18-11-10-16-8-4-5-9-17(16)13-18/h4-5,8-11,13,15,19,21H,2-3,6-7,12,14H2,1H3. The highest BCUT2D eigenvalue weighted by atomic mass is 16.3. The van der Waals surface area contributed by atoms with Crippen LogP contribution in [0.2, 0.25) is 0 Å². The summed E-state index contributed by atoms with van der Waals surface area (Å²) in [7, 11) is 0. The van der Waals surface area contributed by atoms with Gasteiger partial charge in [-0.15, -0.1) is 0 Å². The van der Waals surface area contributed by atoms with Crippen LogP contribution in [0.3, 0.4) is 0 Å². The molecule has 0 spiro atoms. The second-order valence-electron chi connectivity index (χ2n) is 6.32. The van der Waals surface area contributed by atoms with Crippen LogP contribution in [0.1, 0.15) is 44.3 Å². The first kappa shape index (κ1) is 14.6. The molecule has 0 amide bonds. The van der Waals surface area contributed by atoms with Gasteiger partial charge in [0.05, 0.1) is 6.10 Å². The van der Waals surface area contributed by atoms with E-state index in [1.54, 1.807) is 0 Å². The molecule has 1 N–H and O–H groups in total. The van der Waals surface area contributed by atoms with Crippen molar-refractivity contribution in [2.75, 3.05) is 13.1 Å². The molecule has 3 rings (SSSR count). The molecular weight excluding hydrogens is 258 g/mol. The van der Waals surface area contributed by atoms with Gasteiger partial charge < -0.3 is 5.11 Å². The number of likely N-dealkylation sites (tertiary alicyclic amines) is 1. The molecule has 2 atom stereocenters. The highest BCUT2D eigenvalue weighted by molar-refractivity contribution is 5.83. The SMILES string of the molecule is CC1CCCCCN1CC(O)c1ccc2ccccc2c1. The molecule has 2 heteroatoms. The van der Waals surface area contributed by atoms with Crippen molar-refractivity contribution < 1.29 is 5.11 Å². The second-order valence-corrected chi connectivity index (χ2v) is 6.32. The zero-order chi connectivity index (χ0) is 14.7. The van der Waals surface area contributed by atoms with Gasteiger partial charge in [0.15, 0.2) is 0 Å². The van der Waals surface area contributed by atoms with Crippen molar-refractivity contribution in [3.63, 3.8) is 0 Å². The van der Waals surface area contributed by atoms with E-state index in [-0.39, 0.29) is 0 Å². The fourth-order valence-corrected chi connectivity index (χ4v) is 3.35. The summed E-state index contributed by atoms with van der Waals surface area (Å²) in [5.41, 5.74) is 1.03. The molecular formula is C19H25NO. The molecule has 2 unspecified atom stereocenters. The smallest absolute Gasteiger partial charge is 0.0917 e. The number of aliphatic hydroxyl groups excluding tert-OH is 1. The molecule has 112 valence electrons. The lowest BCUT2D eigenvalue weighted by atomic mass is 10.0. The van der Waals surface area contributed by atoms with Crippen LogP contribution < -0.4 is 0 Å². The van der Waals surface area contributed by atoms with Crippen LogP contribution in [0.15, 0.2) is 42.5 Å². The summed E-state index contributed by atoms with van der Waals surface area (Å²) >= 11 is 0. The third-order valence-electron chi connectivity index (χ3n) is 4.76. The maximum Gasteiger partial charge on any atom is 0.0917 e. The lowest BCUT2D eigenvalue weighted by molar-refractivity contribution is 0.0929. The Labute approximate surface area is 127 Å². The maximum atomic E-state index is 10.6. The molecule has 0 saturated carbocycles. The molecule has 1 saturated heterocycles. The lowest BCUT2D eigenvalue weighted by Crippen LogP contribution is -2.36. The average Bonchev–Trinajstić information content (AvgIpc) is 2.72. The molecule has 2 aromatic carbocycles. The van der Waals surface area contributed by atoms with Crippen LogP contribution in [0.5, 0.6) is 0 Å². The molecule has 2 aromatic rings. The number of rotatable bonds is 3. The van der Waals surface area contributed by atoms with Gasteiger partial charge in [0, 0.05) is 12.6 Å². The van der Waals surface area contributed by atoms with Crippen molar-refractivity contribution in [3.05, 3.63) is 48.0 Å². The Morgan fingerprint density at radius 1 is 1.10 bits per heavy atom. The predicted octanol–water partition coefficient (Wildman–Crippen LogP) is 4.14. The fraction of sp³-hybridized carbons (Fsp3) is 0.474. The van der Waals surface area contributed by atoms with Crippen molar-refractivity contribution in [3.8, 4) is 0 Å². The largest absolute Gasteiger partial charge is 0.387 e. The van der Waals surface area contributed by atoms with E-state index in [0.29, 0.717) is 6.04 Å². The summed E-state index contributed by atoms with van der Waals surface area (Å²) in [6.07, 6.45) is 4.77. The maximum absolute atomic E-state index is 10.6. The van der Waals surface area contributed by atoms with Gasteiger partial charge >= 0.3 is 0 Å². The number of fused-ring (bicyclic) bond motifs is 1. The number of hydrogen-bond donors (Lipinski definition) is 1. The van der Waals surface area contributed by atoms with Gasteiger partial charge in [-0.25, -0.2) is 0 Å². The van der Waals surface area contributed by atoms with Crippen molar-refractivity contribution in [2.24, 2.45) is 0 Å². The summed E-state index contributed by atoms with van der Waals surface area (Å²) < 4.78 is 0. The quantitative estimate of drug-likeness (QED) is 0.915. The van der Waals surface area contributed by atoms with Crippen LogP contribution in [0.4, 0.5) is 0 Å². The molecule has 1 aliphatic heterocycles. The number of hydrogen-bond acceptors (Lipinski definition) is 2. The molecule has 1 fully saturated rings. The summed E-state index contributed by atoms with van der Waals surface area (Å²) in [4.78, 5) is 2.45. The Bertz CT molecular complexity index is 595. The molecule has 1 heterocycles. The normalized spacial score (nSPS) is 22.1. The Hall–Kier alpha value is -1.38. The fourth-order valence-electron chi connectivity index (χ4n) is 3.35. The van der Waals surface area contributed by atoms with E-state index < -0.39 is 6.10 Å². The minimum atomic E-state index is -0.393. The van der Waals surface area contributed by atoms with Crippen molar-refractivity contribution >= 4 is 10.8 Å². The van der Waals surface area contributed by atoms with Gasteiger partial charge in [0.1, 0.15) is 0 Å². The molecule has 21 heavy (non-hydrogen) atoms. The highest BCUT2D eigenvalue weighted by Crippen LogP contribution is 2.23. The number of β-amino-alcohol motifs (C(OH)–C–C–N with tert-alkyl or cyclic N) is 1. The van der Waals surface area contributed by atoms with Crippen LogP contribution in [-0.2, 0) is 0 Å². The van der Waals surface area contributed by atoms with Gasteiger partial charge in [0.25, 0.3) is 0 Å². The Kier molecular flexibility index (Phi) is 4.57. The third-order valence-corrected chi connectivity index (χ3v) is 4.76. The molecule has 1 aliphatic rings. The molecule has 0 aliphatic carbocycles. The number of nitrogens with zero attached hydrogens (tertiary/aromatic N) is 1. The summed E-state index contributed by atoms with van der Waals surface area (Å²) in [5, 5.41) is 13.0. The first-order chi connectivity index (χ1) is 10.2. The van der Waals surface area contributed by atoms with Crippen molar-refractivity contribution in [1.29, 1.82) is 0 Å².